The van der Waals surface area contributed by atoms with Gasteiger partial charge in [0.2, 0.25) is 0 Å². The fourth-order valence-corrected chi connectivity index (χ4v) is 7.51. The first-order valence-corrected chi connectivity index (χ1v) is 31.5. The van der Waals surface area contributed by atoms with Crippen LogP contribution in [0.25, 0.3) is 90.1 Å². The van der Waals surface area contributed by atoms with Crippen molar-refractivity contribution in [1.82, 2.24) is 40.1 Å². The highest BCUT2D eigenvalue weighted by molar-refractivity contribution is 5.70. The molecule has 0 bridgehead atoms. The summed E-state index contributed by atoms with van der Waals surface area (Å²) in [7, 11) is 0. The lowest BCUT2D eigenvalue weighted by molar-refractivity contribution is 1.04. The Kier molecular flexibility index (Phi) is 43.6. The van der Waals surface area contributed by atoms with Gasteiger partial charge in [0.1, 0.15) is 6.33 Å². The summed E-state index contributed by atoms with van der Waals surface area (Å²) >= 11 is 0. The van der Waals surface area contributed by atoms with Crippen molar-refractivity contribution in [3.8, 4) is 90.1 Å². The van der Waals surface area contributed by atoms with Crippen LogP contribution < -0.4 is 0 Å². The molecule has 0 aliphatic rings. The number of aromatic nitrogens is 8. The SMILES string of the molecule is CC.CC.CC.CC.CC.CC.CC.CC.c1ccc(-c2cc(-c3ccccc3)ncn2)cc1.c1ccc(-c2ccnc(-c3ccccc3)n2)cc1.c1ccc(-c2cncc(-c3ccccc3)n2)cc1.c1ccc(-c2cnnc(-c3ccccc3)c2)cc1. The van der Waals surface area contributed by atoms with Crippen molar-refractivity contribution < 1.29 is 0 Å². The van der Waals surface area contributed by atoms with E-state index in [0.717, 1.165) is 90.1 Å². The molecule has 4 heterocycles. The second-order valence-corrected chi connectivity index (χ2v) is 16.1. The zero-order valence-corrected chi connectivity index (χ0v) is 55.3. The molecule has 88 heavy (non-hydrogen) atoms. The maximum atomic E-state index is 4.65. The van der Waals surface area contributed by atoms with Crippen LogP contribution in [0.3, 0.4) is 0 Å². The highest BCUT2D eigenvalue weighted by Gasteiger charge is 2.07. The molecule has 0 radical (unpaired) electrons. The Labute approximate surface area is 530 Å². The lowest BCUT2D eigenvalue weighted by Crippen LogP contribution is -1.90. The first-order chi connectivity index (χ1) is 43.7. The third-order valence-corrected chi connectivity index (χ3v) is 11.2. The third-order valence-electron chi connectivity index (χ3n) is 11.2. The Bertz CT molecular complexity index is 2790. The van der Waals surface area contributed by atoms with Crippen molar-refractivity contribution in [3.05, 3.63) is 292 Å². The zero-order chi connectivity index (χ0) is 64.8. The van der Waals surface area contributed by atoms with Gasteiger partial charge in [-0.05, 0) is 23.8 Å². The fraction of sp³-hybridized carbons (Fsp3) is 0.200. The molecule has 0 unspecified atom stereocenters. The van der Waals surface area contributed by atoms with Crippen molar-refractivity contribution in [3.63, 3.8) is 0 Å². The molecule has 8 heteroatoms. The van der Waals surface area contributed by atoms with Crippen molar-refractivity contribution in [2.45, 2.75) is 111 Å². The summed E-state index contributed by atoms with van der Waals surface area (Å²) in [4.78, 5) is 26.5. The zero-order valence-electron chi connectivity index (χ0n) is 55.3. The molecule has 4 aromatic heterocycles. The van der Waals surface area contributed by atoms with E-state index < -0.39 is 0 Å². The smallest absolute Gasteiger partial charge is 0.159 e. The Balaban J connectivity index is 0.000000544. The normalized spacial score (nSPS) is 8.91. The summed E-state index contributed by atoms with van der Waals surface area (Å²) in [5.74, 6) is 0.761. The van der Waals surface area contributed by atoms with Crippen LogP contribution in [0, 0.1) is 0 Å². The number of hydrogen-bond donors (Lipinski definition) is 0. The largest absolute Gasteiger partial charge is 0.260 e. The van der Waals surface area contributed by atoms with Gasteiger partial charge in [-0.25, -0.2) is 24.9 Å². The number of rotatable bonds is 8. The van der Waals surface area contributed by atoms with E-state index in [4.69, 9.17) is 0 Å². The highest BCUT2D eigenvalue weighted by Crippen LogP contribution is 2.26. The summed E-state index contributed by atoms with van der Waals surface area (Å²) in [6.07, 6.45) is 8.80. The highest BCUT2D eigenvalue weighted by atomic mass is 15.1. The Morgan fingerprint density at radius 3 is 0.864 bits per heavy atom. The predicted octanol–water partition coefficient (Wildman–Crippen LogP) is 23.5. The molecular weight excluding hydrogens is 1070 g/mol. The molecule has 0 aliphatic heterocycles. The van der Waals surface area contributed by atoms with Crippen molar-refractivity contribution >= 4 is 0 Å². The molecule has 0 saturated carbocycles. The van der Waals surface area contributed by atoms with Crippen LogP contribution in [0.15, 0.2) is 292 Å². The van der Waals surface area contributed by atoms with Gasteiger partial charge in [-0.1, -0.05) is 353 Å². The second-order valence-electron chi connectivity index (χ2n) is 16.1. The van der Waals surface area contributed by atoms with E-state index in [1.54, 1.807) is 31.1 Å². The molecular formula is C80H96N8. The van der Waals surface area contributed by atoms with Gasteiger partial charge in [0, 0.05) is 50.7 Å². The van der Waals surface area contributed by atoms with Crippen LogP contribution in [0.4, 0.5) is 0 Å². The first kappa shape index (κ1) is 76.1. The van der Waals surface area contributed by atoms with Gasteiger partial charge in [0.25, 0.3) is 0 Å². The Morgan fingerprint density at radius 1 is 0.216 bits per heavy atom. The van der Waals surface area contributed by atoms with Crippen molar-refractivity contribution in [1.29, 1.82) is 0 Å². The van der Waals surface area contributed by atoms with Crippen molar-refractivity contribution in [2.24, 2.45) is 0 Å². The maximum absolute atomic E-state index is 4.65. The lowest BCUT2D eigenvalue weighted by atomic mass is 10.1. The van der Waals surface area contributed by atoms with Crippen molar-refractivity contribution in [2.75, 3.05) is 0 Å². The molecule has 0 amide bonds. The van der Waals surface area contributed by atoms with Crippen LogP contribution in [-0.2, 0) is 0 Å². The quantitative estimate of drug-likeness (QED) is 0.148. The average molecular weight is 1170 g/mol. The summed E-state index contributed by atoms with van der Waals surface area (Å²) in [6, 6.07) is 86.9. The van der Waals surface area contributed by atoms with Crippen LogP contribution >= 0.6 is 0 Å². The molecule has 12 aromatic rings. The second kappa shape index (κ2) is 50.4. The summed E-state index contributed by atoms with van der Waals surface area (Å²) in [6.45, 7) is 32.0. The van der Waals surface area contributed by atoms with E-state index in [0.29, 0.717) is 0 Å². The molecule has 12 rings (SSSR count). The van der Waals surface area contributed by atoms with Crippen LogP contribution in [-0.4, -0.2) is 40.1 Å². The number of benzene rings is 8. The molecule has 0 fully saturated rings. The summed E-state index contributed by atoms with van der Waals surface area (Å²) in [5, 5.41) is 8.27. The third kappa shape index (κ3) is 27.0. The number of nitrogens with zero attached hydrogens (tertiary/aromatic N) is 8. The molecule has 456 valence electrons. The van der Waals surface area contributed by atoms with Gasteiger partial charge in [0.05, 0.1) is 52.8 Å². The summed E-state index contributed by atoms with van der Waals surface area (Å²) in [5.41, 5.74) is 15.4. The summed E-state index contributed by atoms with van der Waals surface area (Å²) < 4.78 is 0. The number of hydrogen-bond acceptors (Lipinski definition) is 8. The first-order valence-electron chi connectivity index (χ1n) is 31.5. The van der Waals surface area contributed by atoms with Gasteiger partial charge < -0.3 is 0 Å². The average Bonchev–Trinajstić information content (AvgIpc) is 3.80. The maximum Gasteiger partial charge on any atom is 0.159 e. The minimum atomic E-state index is 0.761. The lowest BCUT2D eigenvalue weighted by Gasteiger charge is -2.04. The van der Waals surface area contributed by atoms with E-state index >= 15 is 0 Å². The van der Waals surface area contributed by atoms with Gasteiger partial charge >= 0.3 is 0 Å². The molecule has 0 aliphatic carbocycles. The van der Waals surface area contributed by atoms with Crippen LogP contribution in [0.1, 0.15) is 111 Å². The van der Waals surface area contributed by atoms with E-state index in [9.17, 15) is 0 Å². The minimum Gasteiger partial charge on any atom is -0.260 e. The van der Waals surface area contributed by atoms with E-state index in [1.807, 2.05) is 317 Å². The molecule has 0 atom stereocenters. The molecule has 0 N–H and O–H groups in total. The standard InChI is InChI=1S/4C16H12N2.8C2H6/c1-3-7-13(8-4-1)15-11-17-12-16(18-15)14-9-5-2-6-10-14;1-3-7-13(8-4-1)15-11-16(18-12-17-15)14-9-5-2-6-10-14;1-3-7-13(8-4-1)15-11-16(18-17-12-15)14-9-5-2-6-10-14;1-3-7-13(8-4-1)15-11-12-17-16(18-15)14-9-5-2-6-10-14;8*1-2/h4*1-12H;8*1-2H3. The topological polar surface area (TPSA) is 103 Å². The minimum absolute atomic E-state index is 0.761. The molecule has 0 spiro atoms. The molecule has 8 nitrogen and oxygen atoms in total. The van der Waals surface area contributed by atoms with Crippen LogP contribution in [0.2, 0.25) is 0 Å². The predicted molar refractivity (Wildman–Crippen MR) is 382 cm³/mol. The van der Waals surface area contributed by atoms with Gasteiger partial charge in [0.15, 0.2) is 5.82 Å². The van der Waals surface area contributed by atoms with Gasteiger partial charge in [-0.3, -0.25) is 4.98 Å². The van der Waals surface area contributed by atoms with E-state index in [1.165, 1.54) is 0 Å². The Hall–Kier alpha value is -9.92. The molecule has 8 aromatic carbocycles. The molecule has 0 saturated heterocycles. The van der Waals surface area contributed by atoms with Gasteiger partial charge in [-0.2, -0.15) is 10.2 Å². The monoisotopic (exact) mass is 1170 g/mol. The van der Waals surface area contributed by atoms with Gasteiger partial charge in [-0.15, -0.1) is 0 Å². The van der Waals surface area contributed by atoms with E-state index in [2.05, 4.69) is 94.7 Å². The fourth-order valence-electron chi connectivity index (χ4n) is 7.51. The van der Waals surface area contributed by atoms with Crippen LogP contribution in [0.5, 0.6) is 0 Å². The Morgan fingerprint density at radius 2 is 0.511 bits per heavy atom. The van der Waals surface area contributed by atoms with E-state index in [-0.39, 0.29) is 0 Å².